The number of aryl methyl sites for hydroxylation is 1. The van der Waals surface area contributed by atoms with Crippen molar-refractivity contribution in [3.05, 3.63) is 46.7 Å². The summed E-state index contributed by atoms with van der Waals surface area (Å²) >= 11 is 1.17. The van der Waals surface area contributed by atoms with Crippen LogP contribution >= 0.6 is 11.3 Å². The average molecular weight is 416 g/mol. The van der Waals surface area contributed by atoms with E-state index in [9.17, 15) is 14.4 Å². The third-order valence-corrected chi connectivity index (χ3v) is 4.75. The Labute approximate surface area is 170 Å². The van der Waals surface area contributed by atoms with Crippen LogP contribution in [0.25, 0.3) is 11.0 Å². The number of benzene rings is 1. The summed E-state index contributed by atoms with van der Waals surface area (Å²) in [5.41, 5.74) is 2.97. The Morgan fingerprint density at radius 2 is 1.97 bits per heavy atom. The molecule has 0 spiro atoms. The summed E-state index contributed by atoms with van der Waals surface area (Å²) < 4.78 is 15.3. The predicted molar refractivity (Wildman–Crippen MR) is 107 cm³/mol. The summed E-state index contributed by atoms with van der Waals surface area (Å²) in [4.78, 5) is 39.6. The van der Waals surface area contributed by atoms with Gasteiger partial charge in [0.15, 0.2) is 11.7 Å². The number of anilines is 1. The molecule has 1 amide bonds. The molecular weight excluding hydrogens is 396 g/mol. The minimum absolute atomic E-state index is 0.00425. The first-order valence-corrected chi connectivity index (χ1v) is 9.84. The Morgan fingerprint density at radius 1 is 1.17 bits per heavy atom. The second-order valence-electron chi connectivity index (χ2n) is 6.27. The number of furan rings is 1. The van der Waals surface area contributed by atoms with E-state index < -0.39 is 18.5 Å². The molecule has 0 aliphatic carbocycles. The van der Waals surface area contributed by atoms with Gasteiger partial charge in [-0.2, -0.15) is 0 Å². The van der Waals surface area contributed by atoms with E-state index in [-0.39, 0.29) is 18.8 Å². The van der Waals surface area contributed by atoms with Crippen molar-refractivity contribution in [3.8, 4) is 0 Å². The van der Waals surface area contributed by atoms with Gasteiger partial charge in [-0.25, -0.2) is 4.98 Å². The molecule has 2 heterocycles. The van der Waals surface area contributed by atoms with Crippen LogP contribution in [0.3, 0.4) is 0 Å². The molecule has 152 valence electrons. The zero-order valence-corrected chi connectivity index (χ0v) is 16.8. The fraction of sp³-hybridized carbons (Fsp3) is 0.300. The maximum absolute atomic E-state index is 12.1. The number of hydrogen-bond acceptors (Lipinski definition) is 8. The normalized spacial score (nSPS) is 10.7. The van der Waals surface area contributed by atoms with E-state index in [1.54, 1.807) is 12.3 Å². The van der Waals surface area contributed by atoms with Crippen molar-refractivity contribution in [2.45, 2.75) is 26.7 Å². The van der Waals surface area contributed by atoms with Crippen LogP contribution in [0.15, 0.2) is 34.3 Å². The Morgan fingerprint density at radius 3 is 2.76 bits per heavy atom. The largest absolute Gasteiger partial charge is 0.466 e. The van der Waals surface area contributed by atoms with Gasteiger partial charge in [0, 0.05) is 16.3 Å². The molecule has 0 radical (unpaired) electrons. The smallest absolute Gasteiger partial charge is 0.311 e. The molecule has 8 nitrogen and oxygen atoms in total. The van der Waals surface area contributed by atoms with E-state index in [4.69, 9.17) is 13.9 Å². The molecule has 0 aliphatic heterocycles. The van der Waals surface area contributed by atoms with Gasteiger partial charge >= 0.3 is 11.9 Å². The molecule has 9 heteroatoms. The van der Waals surface area contributed by atoms with Gasteiger partial charge in [-0.3, -0.25) is 19.7 Å². The van der Waals surface area contributed by atoms with Gasteiger partial charge in [0.25, 0.3) is 5.91 Å². The highest BCUT2D eigenvalue weighted by Gasteiger charge is 2.15. The van der Waals surface area contributed by atoms with Crippen molar-refractivity contribution in [1.82, 2.24) is 4.98 Å². The van der Waals surface area contributed by atoms with E-state index >= 15 is 0 Å². The summed E-state index contributed by atoms with van der Waals surface area (Å²) in [6.07, 6.45) is 1.56. The van der Waals surface area contributed by atoms with Crippen LogP contribution in [0.5, 0.6) is 0 Å². The fourth-order valence-corrected chi connectivity index (χ4v) is 3.37. The van der Waals surface area contributed by atoms with Crippen LogP contribution in [0, 0.1) is 6.92 Å². The number of hydrogen-bond donors (Lipinski definition) is 1. The first-order chi connectivity index (χ1) is 13.9. The summed E-state index contributed by atoms with van der Waals surface area (Å²) in [6.45, 7) is 3.55. The topological polar surface area (TPSA) is 108 Å². The van der Waals surface area contributed by atoms with Crippen LogP contribution in [-0.4, -0.2) is 36.0 Å². The van der Waals surface area contributed by atoms with Crippen molar-refractivity contribution < 1.29 is 28.3 Å². The number of carbonyl (C=O) groups is 3. The average Bonchev–Trinajstić information content (AvgIpc) is 3.27. The molecule has 1 aromatic carbocycles. The van der Waals surface area contributed by atoms with E-state index in [2.05, 4.69) is 10.3 Å². The second-order valence-corrected chi connectivity index (χ2v) is 7.13. The monoisotopic (exact) mass is 416 g/mol. The van der Waals surface area contributed by atoms with Crippen LogP contribution in [0.1, 0.15) is 23.7 Å². The zero-order valence-electron chi connectivity index (χ0n) is 16.0. The molecule has 0 aliphatic rings. The fourth-order valence-electron chi connectivity index (χ4n) is 2.64. The number of rotatable bonds is 8. The van der Waals surface area contributed by atoms with Gasteiger partial charge in [0.2, 0.25) is 0 Å². The summed E-state index contributed by atoms with van der Waals surface area (Å²) in [5, 5.41) is 5.36. The molecule has 3 rings (SSSR count). The Bertz CT molecular complexity index is 1040. The molecule has 0 unspecified atom stereocenters. The van der Waals surface area contributed by atoms with Gasteiger partial charge in [-0.1, -0.05) is 12.1 Å². The first-order valence-electron chi connectivity index (χ1n) is 8.97. The van der Waals surface area contributed by atoms with Crippen molar-refractivity contribution in [2.24, 2.45) is 0 Å². The molecule has 29 heavy (non-hydrogen) atoms. The minimum Gasteiger partial charge on any atom is -0.466 e. The van der Waals surface area contributed by atoms with Crippen molar-refractivity contribution >= 4 is 45.3 Å². The number of esters is 2. The first kappa shape index (κ1) is 20.5. The molecule has 0 saturated heterocycles. The minimum atomic E-state index is -0.537. The van der Waals surface area contributed by atoms with Crippen molar-refractivity contribution in [3.63, 3.8) is 0 Å². The number of nitrogens with one attached hydrogen (secondary N) is 1. The van der Waals surface area contributed by atoms with E-state index in [1.165, 1.54) is 17.6 Å². The lowest BCUT2D eigenvalue weighted by Gasteiger charge is -2.04. The van der Waals surface area contributed by atoms with Gasteiger partial charge < -0.3 is 13.9 Å². The number of ether oxygens (including phenoxy) is 2. The highest BCUT2D eigenvalue weighted by Crippen LogP contribution is 2.23. The lowest BCUT2D eigenvalue weighted by Crippen LogP contribution is -2.21. The summed E-state index contributed by atoms with van der Waals surface area (Å²) in [5.74, 6) is -1.43. The Hall–Kier alpha value is -3.20. The zero-order chi connectivity index (χ0) is 20.8. The number of aromatic nitrogens is 1. The maximum Gasteiger partial charge on any atom is 0.311 e. The lowest BCUT2D eigenvalue weighted by atomic mass is 10.1. The SMILES string of the molecule is CCOC(=O)Cc1csc(NC(=O)COC(=O)Cc2coc3cc(C)ccc23)n1. The highest BCUT2D eigenvalue weighted by atomic mass is 32.1. The molecule has 0 atom stereocenters. The number of fused-ring (bicyclic) bond motifs is 1. The second kappa shape index (κ2) is 9.33. The number of thiazole rings is 1. The summed E-state index contributed by atoms with van der Waals surface area (Å²) in [7, 11) is 0. The van der Waals surface area contributed by atoms with E-state index in [1.807, 2.05) is 25.1 Å². The van der Waals surface area contributed by atoms with E-state index in [0.717, 1.165) is 10.9 Å². The van der Waals surface area contributed by atoms with Crippen LogP contribution in [0.4, 0.5) is 5.13 Å². The Balaban J connectivity index is 1.47. The van der Waals surface area contributed by atoms with Gasteiger partial charge in [0.1, 0.15) is 5.58 Å². The maximum atomic E-state index is 12.1. The van der Waals surface area contributed by atoms with Crippen LogP contribution in [0.2, 0.25) is 0 Å². The molecular formula is C20H20N2O6S. The van der Waals surface area contributed by atoms with Crippen molar-refractivity contribution in [2.75, 3.05) is 18.5 Å². The molecule has 0 saturated carbocycles. The summed E-state index contributed by atoms with van der Waals surface area (Å²) in [6, 6.07) is 5.71. The molecule has 1 N–H and O–H groups in total. The third kappa shape index (κ3) is 5.64. The molecule has 0 bridgehead atoms. The van der Waals surface area contributed by atoms with Gasteiger partial charge in [-0.15, -0.1) is 11.3 Å². The number of nitrogens with zero attached hydrogens (tertiary/aromatic N) is 1. The Kier molecular flexibility index (Phi) is 6.61. The quantitative estimate of drug-likeness (QED) is 0.562. The number of carbonyl (C=O) groups excluding carboxylic acids is 3. The van der Waals surface area contributed by atoms with Gasteiger partial charge in [-0.05, 0) is 25.5 Å². The third-order valence-electron chi connectivity index (χ3n) is 3.94. The number of amides is 1. The molecule has 2 aromatic heterocycles. The predicted octanol–water partition coefficient (Wildman–Crippen LogP) is 3.03. The van der Waals surface area contributed by atoms with Crippen molar-refractivity contribution in [1.29, 1.82) is 0 Å². The van der Waals surface area contributed by atoms with E-state index in [0.29, 0.717) is 28.6 Å². The molecule has 3 aromatic rings. The van der Waals surface area contributed by atoms with Crippen LogP contribution in [-0.2, 0) is 36.7 Å². The van der Waals surface area contributed by atoms with Crippen LogP contribution < -0.4 is 5.32 Å². The van der Waals surface area contributed by atoms with Gasteiger partial charge in [0.05, 0.1) is 31.4 Å². The standard InChI is InChI=1S/C20H20N2O6S/c1-3-26-19(25)8-14-11-29-20(21-14)22-17(23)10-28-18(24)7-13-9-27-16-6-12(2)4-5-15(13)16/h4-6,9,11H,3,7-8,10H2,1-2H3,(H,21,22,23). The highest BCUT2D eigenvalue weighted by molar-refractivity contribution is 7.13. The lowest BCUT2D eigenvalue weighted by molar-refractivity contribution is -0.146. The molecule has 0 fully saturated rings.